The van der Waals surface area contributed by atoms with Gasteiger partial charge in [-0.15, -0.1) is 0 Å². The summed E-state index contributed by atoms with van der Waals surface area (Å²) in [5, 5.41) is 0. The van der Waals surface area contributed by atoms with Crippen molar-refractivity contribution in [2.45, 2.75) is 162 Å². The van der Waals surface area contributed by atoms with Crippen LogP contribution in [0, 0.1) is 0 Å². The molecule has 0 saturated heterocycles. The summed E-state index contributed by atoms with van der Waals surface area (Å²) in [6.07, 6.45) is 27.5. The van der Waals surface area contributed by atoms with Crippen molar-refractivity contribution in [3.05, 3.63) is 0 Å². The normalized spacial score (nSPS) is 13.5. The predicted octanol–water partition coefficient (Wildman–Crippen LogP) is 10.1. The quantitative estimate of drug-likeness (QED) is 0.0735. The van der Waals surface area contributed by atoms with Gasteiger partial charge >= 0.3 is 7.82 Å². The predicted molar refractivity (Wildman–Crippen MR) is 157 cm³/mol. The van der Waals surface area contributed by atoms with E-state index < -0.39 is 7.82 Å². The lowest BCUT2D eigenvalue weighted by Gasteiger charge is -2.22. The average Bonchev–Trinajstić information content (AvgIpc) is 2.86. The van der Waals surface area contributed by atoms with Crippen molar-refractivity contribution in [1.82, 2.24) is 4.90 Å². The number of rotatable bonds is 30. The number of phosphoric acid groups is 1. The van der Waals surface area contributed by atoms with Crippen LogP contribution in [0.1, 0.15) is 162 Å². The zero-order valence-corrected chi connectivity index (χ0v) is 25.6. The topological polar surface area (TPSA) is 59.0 Å². The van der Waals surface area contributed by atoms with Gasteiger partial charge in [0.25, 0.3) is 0 Å². The van der Waals surface area contributed by atoms with Gasteiger partial charge in [-0.05, 0) is 38.8 Å². The van der Waals surface area contributed by atoms with E-state index >= 15 is 0 Å². The fraction of sp³-hybridized carbons (Fsp3) is 1.00. The zero-order valence-electron chi connectivity index (χ0n) is 24.7. The highest BCUT2D eigenvalue weighted by Crippen LogP contribution is 2.43. The summed E-state index contributed by atoms with van der Waals surface area (Å²) in [6, 6.07) is 0. The Morgan fingerprint density at radius 2 is 0.778 bits per heavy atom. The molecule has 0 heterocycles. The monoisotopic (exact) mass is 533 g/mol. The number of hydrogen-bond donors (Lipinski definition) is 1. The highest BCUT2D eigenvalue weighted by Gasteiger charge is 2.20. The minimum atomic E-state index is -3.92. The van der Waals surface area contributed by atoms with Gasteiger partial charge in [-0.3, -0.25) is 9.05 Å². The third-order valence-electron chi connectivity index (χ3n) is 7.03. The molecule has 0 aromatic rings. The minimum absolute atomic E-state index is 0.287. The second-order valence-corrected chi connectivity index (χ2v) is 12.1. The van der Waals surface area contributed by atoms with Crippen molar-refractivity contribution < 1.29 is 18.5 Å². The third kappa shape index (κ3) is 27.1. The molecule has 6 heteroatoms. The second-order valence-electron chi connectivity index (χ2n) is 10.7. The van der Waals surface area contributed by atoms with Gasteiger partial charge < -0.3 is 9.79 Å². The fourth-order valence-electron chi connectivity index (χ4n) is 4.66. The van der Waals surface area contributed by atoms with E-state index in [2.05, 4.69) is 25.7 Å². The minimum Gasteiger partial charge on any atom is -0.303 e. The van der Waals surface area contributed by atoms with Crippen molar-refractivity contribution in [3.8, 4) is 0 Å². The first kappa shape index (κ1) is 36.1. The van der Waals surface area contributed by atoms with Crippen LogP contribution in [0.3, 0.4) is 0 Å². The molecular weight excluding hydrogens is 469 g/mol. The Kier molecular flexibility index (Phi) is 28.1. The molecule has 0 rings (SSSR count). The van der Waals surface area contributed by atoms with Crippen molar-refractivity contribution in [1.29, 1.82) is 0 Å². The number of phosphoric ester groups is 1. The molecule has 0 aromatic carbocycles. The zero-order chi connectivity index (χ0) is 26.6. The summed E-state index contributed by atoms with van der Waals surface area (Å²) in [7, 11) is -3.92. The van der Waals surface area contributed by atoms with Crippen LogP contribution in [-0.4, -0.2) is 42.6 Å². The number of nitrogens with zero attached hydrogens (tertiary/aromatic N) is 1. The molecule has 0 aliphatic rings. The molecule has 1 N–H and O–H groups in total. The second kappa shape index (κ2) is 28.1. The summed E-state index contributed by atoms with van der Waals surface area (Å²) in [6.45, 7) is 10.6. The highest BCUT2D eigenvalue weighted by molar-refractivity contribution is 7.47. The summed E-state index contributed by atoms with van der Waals surface area (Å²) in [5.41, 5.74) is 0. The Morgan fingerprint density at radius 3 is 1.19 bits per heavy atom. The Hall–Kier alpha value is 0.0700. The van der Waals surface area contributed by atoms with Gasteiger partial charge in [0.05, 0.1) is 13.2 Å². The Morgan fingerprint density at radius 1 is 0.472 bits per heavy atom. The van der Waals surface area contributed by atoms with E-state index in [0.717, 1.165) is 38.9 Å². The van der Waals surface area contributed by atoms with Crippen molar-refractivity contribution in [2.75, 3.05) is 32.8 Å². The Labute approximate surface area is 226 Å². The van der Waals surface area contributed by atoms with Crippen LogP contribution in [-0.2, 0) is 13.6 Å². The van der Waals surface area contributed by atoms with Gasteiger partial charge in [0.15, 0.2) is 0 Å². The van der Waals surface area contributed by atoms with Crippen LogP contribution >= 0.6 is 7.82 Å². The highest BCUT2D eigenvalue weighted by atomic mass is 31.2. The fourth-order valence-corrected chi connectivity index (χ4v) is 5.46. The molecule has 0 saturated carbocycles. The van der Waals surface area contributed by atoms with Gasteiger partial charge in [0.1, 0.15) is 0 Å². The first-order valence-electron chi connectivity index (χ1n) is 15.9. The lowest BCUT2D eigenvalue weighted by Crippen LogP contribution is -2.28. The summed E-state index contributed by atoms with van der Waals surface area (Å²) >= 11 is 0. The van der Waals surface area contributed by atoms with Gasteiger partial charge in [-0.1, -0.05) is 136 Å². The van der Waals surface area contributed by atoms with Crippen LogP contribution in [0.4, 0.5) is 0 Å². The van der Waals surface area contributed by atoms with Crippen LogP contribution in [0.2, 0.25) is 0 Å². The van der Waals surface area contributed by atoms with Crippen molar-refractivity contribution in [3.63, 3.8) is 0 Å². The molecule has 0 spiro atoms. The molecule has 36 heavy (non-hydrogen) atoms. The summed E-state index contributed by atoms with van der Waals surface area (Å²) < 4.78 is 22.6. The number of hydrogen-bond acceptors (Lipinski definition) is 4. The Balaban J connectivity index is 4.06. The molecule has 0 aliphatic carbocycles. The lowest BCUT2D eigenvalue weighted by molar-refractivity contribution is 0.139. The maximum Gasteiger partial charge on any atom is 0.472 e. The molecule has 0 amide bonds. The molecule has 0 aromatic heterocycles. The van der Waals surface area contributed by atoms with E-state index in [1.165, 1.54) is 122 Å². The standard InChI is InChI=1S/C30H64NO4P/c1-4-7-10-13-16-19-22-26-31(27-23-20-17-14-11-8-5-2)28-25-30-35-36(32,33)34-29-24-21-18-15-12-9-6-3/h4-30H2,1-3H3,(H,32,33). The van der Waals surface area contributed by atoms with E-state index in [-0.39, 0.29) is 6.61 Å². The smallest absolute Gasteiger partial charge is 0.303 e. The van der Waals surface area contributed by atoms with Gasteiger partial charge in [-0.25, -0.2) is 4.57 Å². The third-order valence-corrected chi connectivity index (χ3v) is 8.05. The first-order chi connectivity index (χ1) is 17.6. The molecule has 218 valence electrons. The van der Waals surface area contributed by atoms with Crippen LogP contribution in [0.5, 0.6) is 0 Å². The molecule has 0 bridgehead atoms. The largest absolute Gasteiger partial charge is 0.472 e. The summed E-state index contributed by atoms with van der Waals surface area (Å²) in [4.78, 5) is 12.5. The first-order valence-corrected chi connectivity index (χ1v) is 17.4. The molecule has 0 fully saturated rings. The van der Waals surface area contributed by atoms with E-state index in [1.807, 2.05) is 0 Å². The molecule has 1 atom stereocenters. The van der Waals surface area contributed by atoms with E-state index in [4.69, 9.17) is 9.05 Å². The van der Waals surface area contributed by atoms with Crippen LogP contribution in [0.25, 0.3) is 0 Å². The molecule has 0 aliphatic heterocycles. The average molecular weight is 534 g/mol. The maximum absolute atomic E-state index is 12.2. The molecular formula is C30H64NO4P. The van der Waals surface area contributed by atoms with Crippen LogP contribution in [0.15, 0.2) is 0 Å². The van der Waals surface area contributed by atoms with E-state index in [1.54, 1.807) is 0 Å². The van der Waals surface area contributed by atoms with Crippen molar-refractivity contribution >= 4 is 7.82 Å². The number of unbranched alkanes of at least 4 members (excludes halogenated alkanes) is 18. The molecule has 0 radical (unpaired) electrons. The van der Waals surface area contributed by atoms with Crippen LogP contribution < -0.4 is 0 Å². The molecule has 1 unspecified atom stereocenters. The van der Waals surface area contributed by atoms with Gasteiger partial charge in [0.2, 0.25) is 0 Å². The lowest BCUT2D eigenvalue weighted by atomic mass is 10.1. The van der Waals surface area contributed by atoms with Gasteiger partial charge in [0, 0.05) is 6.54 Å². The van der Waals surface area contributed by atoms with Gasteiger partial charge in [-0.2, -0.15) is 0 Å². The van der Waals surface area contributed by atoms with Crippen molar-refractivity contribution in [2.24, 2.45) is 0 Å². The van der Waals surface area contributed by atoms with E-state index in [9.17, 15) is 9.46 Å². The SMILES string of the molecule is CCCCCCCCCOP(=O)(O)OCCCN(CCCCCCCCC)CCCCCCCCC. The maximum atomic E-state index is 12.2. The molecule has 5 nitrogen and oxygen atoms in total. The summed E-state index contributed by atoms with van der Waals surface area (Å²) in [5.74, 6) is 0. The van der Waals surface area contributed by atoms with E-state index in [0.29, 0.717) is 6.61 Å². The Bertz CT molecular complexity index is 460.